The van der Waals surface area contributed by atoms with Gasteiger partial charge in [-0.25, -0.2) is 4.79 Å². The fourth-order valence-corrected chi connectivity index (χ4v) is 0.249. The lowest BCUT2D eigenvalue weighted by Crippen LogP contribution is -2.06. The zero-order chi connectivity index (χ0) is 11.0. The largest absolute Gasteiger partial charge is 0.476 e. The highest BCUT2D eigenvalue weighted by atomic mass is 16.4. The van der Waals surface area contributed by atoms with Crippen LogP contribution in [0.25, 0.3) is 0 Å². The molecule has 0 aliphatic rings. The summed E-state index contributed by atoms with van der Waals surface area (Å²) in [4.78, 5) is 39.1. The molecule has 0 amide bonds. The molecule has 5 nitrogen and oxygen atoms in total. The van der Waals surface area contributed by atoms with E-state index < -0.39 is 11.8 Å². The molecule has 0 aliphatic heterocycles. The summed E-state index contributed by atoms with van der Waals surface area (Å²) in [6.45, 7) is 3.96. The second kappa shape index (κ2) is 7.15. The van der Waals surface area contributed by atoms with E-state index >= 15 is 0 Å². The second-order valence-corrected chi connectivity index (χ2v) is 2.19. The van der Waals surface area contributed by atoms with Crippen molar-refractivity contribution < 1.29 is 24.3 Å². The SMILES string of the molecule is CC(=O)C(=O)O.CCC(=O)C(C)=O. The van der Waals surface area contributed by atoms with Gasteiger partial charge < -0.3 is 5.11 Å². The molecule has 0 atom stereocenters. The summed E-state index contributed by atoms with van der Waals surface area (Å²) in [5.74, 6) is -2.84. The monoisotopic (exact) mass is 188 g/mol. The van der Waals surface area contributed by atoms with E-state index in [9.17, 15) is 19.2 Å². The van der Waals surface area contributed by atoms with Gasteiger partial charge in [0.25, 0.3) is 0 Å². The number of carbonyl (C=O) groups is 4. The zero-order valence-electron chi connectivity index (χ0n) is 7.79. The van der Waals surface area contributed by atoms with Crippen LogP contribution in [0, 0.1) is 0 Å². The number of carboxylic acid groups (broad SMARTS) is 1. The quantitative estimate of drug-likeness (QED) is 0.639. The van der Waals surface area contributed by atoms with Crippen molar-refractivity contribution in [1.82, 2.24) is 0 Å². The Morgan fingerprint density at radius 2 is 1.31 bits per heavy atom. The van der Waals surface area contributed by atoms with Crippen LogP contribution < -0.4 is 0 Å². The predicted octanol–water partition coefficient (Wildman–Crippen LogP) is 0.214. The van der Waals surface area contributed by atoms with Crippen LogP contribution >= 0.6 is 0 Å². The van der Waals surface area contributed by atoms with Crippen molar-refractivity contribution >= 4 is 23.3 Å². The Balaban J connectivity index is 0. The van der Waals surface area contributed by atoms with Crippen LogP contribution in [0.5, 0.6) is 0 Å². The zero-order valence-corrected chi connectivity index (χ0v) is 7.79. The van der Waals surface area contributed by atoms with Gasteiger partial charge in [-0.1, -0.05) is 6.92 Å². The van der Waals surface area contributed by atoms with Crippen LogP contribution in [0.15, 0.2) is 0 Å². The van der Waals surface area contributed by atoms with E-state index in [1.54, 1.807) is 6.92 Å². The summed E-state index contributed by atoms with van der Waals surface area (Å²) in [6, 6.07) is 0. The maximum atomic E-state index is 10.2. The van der Waals surface area contributed by atoms with Gasteiger partial charge >= 0.3 is 5.97 Å². The molecule has 0 heterocycles. The number of Topliss-reactive ketones (excluding diaryl/α,β-unsaturated/α-hetero) is 3. The first-order chi connectivity index (χ1) is 5.82. The standard InChI is InChI=1S/C5H8O2.C3H4O3/c1-3-5(7)4(2)6;1-2(4)3(5)6/h3H2,1-2H3;1H3,(H,5,6). The lowest BCUT2D eigenvalue weighted by molar-refractivity contribution is -0.148. The Kier molecular flexibility index (Phi) is 7.71. The molecule has 0 fully saturated rings. The molecule has 0 bridgehead atoms. The van der Waals surface area contributed by atoms with Gasteiger partial charge in [0.1, 0.15) is 0 Å². The van der Waals surface area contributed by atoms with Crippen LogP contribution in [0.3, 0.4) is 0 Å². The number of aliphatic carboxylic acids is 1. The summed E-state index contributed by atoms with van der Waals surface area (Å²) in [7, 11) is 0. The molecule has 74 valence electrons. The number of ketones is 3. The first-order valence-corrected chi connectivity index (χ1v) is 3.60. The van der Waals surface area contributed by atoms with Crippen LogP contribution in [-0.2, 0) is 19.2 Å². The van der Waals surface area contributed by atoms with E-state index in [0.717, 1.165) is 6.92 Å². The average molecular weight is 188 g/mol. The highest BCUT2D eigenvalue weighted by Crippen LogP contribution is 1.79. The smallest absolute Gasteiger partial charge is 0.371 e. The highest BCUT2D eigenvalue weighted by Gasteiger charge is 2.00. The molecule has 13 heavy (non-hydrogen) atoms. The second-order valence-electron chi connectivity index (χ2n) is 2.19. The van der Waals surface area contributed by atoms with Crippen molar-refractivity contribution in [2.24, 2.45) is 0 Å². The molecule has 0 unspecified atom stereocenters. The molecule has 0 rings (SSSR count). The van der Waals surface area contributed by atoms with Gasteiger partial charge in [0.05, 0.1) is 0 Å². The Bertz CT molecular complexity index is 217. The summed E-state index contributed by atoms with van der Waals surface area (Å²) < 4.78 is 0. The van der Waals surface area contributed by atoms with E-state index in [1.807, 2.05) is 0 Å². The van der Waals surface area contributed by atoms with Gasteiger partial charge in [-0.05, 0) is 0 Å². The minimum atomic E-state index is -1.38. The van der Waals surface area contributed by atoms with E-state index in [-0.39, 0.29) is 11.6 Å². The van der Waals surface area contributed by atoms with Gasteiger partial charge in [0.15, 0.2) is 11.6 Å². The predicted molar refractivity (Wildman–Crippen MR) is 44.3 cm³/mol. The molecule has 0 aromatic heterocycles. The fraction of sp³-hybridized carbons (Fsp3) is 0.500. The normalized spacial score (nSPS) is 7.92. The minimum Gasteiger partial charge on any atom is -0.476 e. The first-order valence-electron chi connectivity index (χ1n) is 3.60. The van der Waals surface area contributed by atoms with E-state index in [0.29, 0.717) is 6.42 Å². The molecule has 1 N–H and O–H groups in total. The van der Waals surface area contributed by atoms with Crippen molar-refractivity contribution in [3.63, 3.8) is 0 Å². The van der Waals surface area contributed by atoms with E-state index in [2.05, 4.69) is 0 Å². The minimum absolute atomic E-state index is 0.292. The third kappa shape index (κ3) is 10.5. The molecule has 0 aliphatic carbocycles. The molecule has 0 saturated carbocycles. The highest BCUT2D eigenvalue weighted by molar-refractivity contribution is 6.36. The molecular weight excluding hydrogens is 176 g/mol. The van der Waals surface area contributed by atoms with Gasteiger partial charge in [0, 0.05) is 20.3 Å². The molecule has 0 aromatic carbocycles. The maximum absolute atomic E-state index is 10.2. The first kappa shape index (κ1) is 14.0. The Morgan fingerprint density at radius 3 is 1.31 bits per heavy atom. The van der Waals surface area contributed by atoms with Gasteiger partial charge in [-0.15, -0.1) is 0 Å². The van der Waals surface area contributed by atoms with E-state index in [1.165, 1.54) is 6.92 Å². The van der Waals surface area contributed by atoms with Crippen molar-refractivity contribution in [2.45, 2.75) is 27.2 Å². The van der Waals surface area contributed by atoms with Crippen LogP contribution in [0.4, 0.5) is 0 Å². The van der Waals surface area contributed by atoms with Crippen LogP contribution in [0.2, 0.25) is 0 Å². The Hall–Kier alpha value is -1.52. The lowest BCUT2D eigenvalue weighted by atomic mass is 10.2. The fourth-order valence-electron chi connectivity index (χ4n) is 0.249. The summed E-state index contributed by atoms with van der Waals surface area (Å²) >= 11 is 0. The van der Waals surface area contributed by atoms with E-state index in [4.69, 9.17) is 5.11 Å². The van der Waals surface area contributed by atoms with Crippen LogP contribution in [0.1, 0.15) is 27.2 Å². The topological polar surface area (TPSA) is 88.5 Å². The van der Waals surface area contributed by atoms with Crippen molar-refractivity contribution in [3.05, 3.63) is 0 Å². The summed E-state index contributed by atoms with van der Waals surface area (Å²) in [5.41, 5.74) is 0. The summed E-state index contributed by atoms with van der Waals surface area (Å²) in [5, 5.41) is 7.64. The average Bonchev–Trinajstić information content (AvgIpc) is 2.03. The maximum Gasteiger partial charge on any atom is 0.371 e. The van der Waals surface area contributed by atoms with Crippen LogP contribution in [-0.4, -0.2) is 28.4 Å². The summed E-state index contributed by atoms with van der Waals surface area (Å²) in [6.07, 6.45) is 0.329. The van der Waals surface area contributed by atoms with Crippen molar-refractivity contribution in [2.75, 3.05) is 0 Å². The number of carboxylic acids is 1. The number of hydrogen-bond acceptors (Lipinski definition) is 4. The molecule has 5 heteroatoms. The molecule has 0 radical (unpaired) electrons. The molecule has 0 aromatic rings. The van der Waals surface area contributed by atoms with Gasteiger partial charge in [-0.3, -0.25) is 14.4 Å². The number of carbonyl (C=O) groups excluding carboxylic acids is 3. The third-order valence-corrected chi connectivity index (χ3v) is 1.01. The molecule has 0 spiro atoms. The molecule has 0 saturated heterocycles. The lowest BCUT2D eigenvalue weighted by Gasteiger charge is -1.81. The van der Waals surface area contributed by atoms with Gasteiger partial charge in [-0.2, -0.15) is 0 Å². The Morgan fingerprint density at radius 1 is 1.00 bits per heavy atom. The molecular formula is C8H12O5. The Labute approximate surface area is 75.7 Å². The van der Waals surface area contributed by atoms with Gasteiger partial charge in [0.2, 0.25) is 5.78 Å². The van der Waals surface area contributed by atoms with Crippen molar-refractivity contribution in [1.29, 1.82) is 0 Å². The number of hydrogen-bond donors (Lipinski definition) is 1. The van der Waals surface area contributed by atoms with Crippen molar-refractivity contribution in [3.8, 4) is 0 Å². The third-order valence-electron chi connectivity index (χ3n) is 1.01. The number of rotatable bonds is 3.